The Kier molecular flexibility index (Phi) is 13.5. The van der Waals surface area contributed by atoms with Gasteiger partial charge in [0.25, 0.3) is 0 Å². The summed E-state index contributed by atoms with van der Waals surface area (Å²) in [5.74, 6) is -0.216. The van der Waals surface area contributed by atoms with Crippen molar-refractivity contribution in [3.8, 4) is 0 Å². The molecule has 0 aliphatic rings. The van der Waals surface area contributed by atoms with Crippen LogP contribution in [0.1, 0.15) is 5.56 Å². The zero-order valence-corrected chi connectivity index (χ0v) is 8.65. The van der Waals surface area contributed by atoms with Gasteiger partial charge in [0.15, 0.2) is 0 Å². The topological polar surface area (TPSA) is 26.0 Å². The van der Waals surface area contributed by atoms with Crippen molar-refractivity contribution in [1.29, 1.82) is 0 Å². The molecular formula is C7H11Cl3FN. The van der Waals surface area contributed by atoms with E-state index in [9.17, 15) is 4.39 Å². The minimum absolute atomic E-state index is 0. The van der Waals surface area contributed by atoms with Crippen molar-refractivity contribution in [2.45, 2.75) is 6.54 Å². The molecule has 0 amide bonds. The molecule has 0 aromatic heterocycles. The molecule has 0 bridgehead atoms. The summed E-state index contributed by atoms with van der Waals surface area (Å²) in [6.07, 6.45) is 0. The lowest BCUT2D eigenvalue weighted by Crippen LogP contribution is -1.94. The van der Waals surface area contributed by atoms with Gasteiger partial charge in [0.1, 0.15) is 5.82 Å². The molecule has 1 aromatic carbocycles. The average molecular weight is 235 g/mol. The summed E-state index contributed by atoms with van der Waals surface area (Å²) in [6.45, 7) is 0.472. The van der Waals surface area contributed by atoms with Gasteiger partial charge in [-0.3, -0.25) is 0 Å². The SMILES string of the molecule is Cl.Cl.Cl.NCc1ccc(F)cc1. The van der Waals surface area contributed by atoms with E-state index in [4.69, 9.17) is 5.73 Å². The van der Waals surface area contributed by atoms with Gasteiger partial charge in [-0.2, -0.15) is 0 Å². The molecule has 5 heteroatoms. The van der Waals surface area contributed by atoms with Crippen LogP contribution >= 0.6 is 37.2 Å². The zero-order chi connectivity index (χ0) is 6.69. The van der Waals surface area contributed by atoms with Crippen molar-refractivity contribution in [3.05, 3.63) is 35.6 Å². The summed E-state index contributed by atoms with van der Waals surface area (Å²) in [7, 11) is 0. The van der Waals surface area contributed by atoms with Gasteiger partial charge in [-0.25, -0.2) is 4.39 Å². The first-order valence-electron chi connectivity index (χ1n) is 2.77. The molecule has 0 atom stereocenters. The summed E-state index contributed by atoms with van der Waals surface area (Å²) >= 11 is 0. The molecule has 0 heterocycles. The lowest BCUT2D eigenvalue weighted by molar-refractivity contribution is 0.627. The van der Waals surface area contributed by atoms with Gasteiger partial charge in [0, 0.05) is 6.54 Å². The molecule has 12 heavy (non-hydrogen) atoms. The Bertz CT molecular complexity index is 190. The minimum atomic E-state index is -0.216. The van der Waals surface area contributed by atoms with Crippen LogP contribution in [-0.2, 0) is 6.54 Å². The highest BCUT2D eigenvalue weighted by atomic mass is 35.5. The Labute approximate surface area is 89.8 Å². The first kappa shape index (κ1) is 17.9. The van der Waals surface area contributed by atoms with Gasteiger partial charge in [-0.1, -0.05) is 12.1 Å². The van der Waals surface area contributed by atoms with Crippen LogP contribution in [0.15, 0.2) is 24.3 Å². The van der Waals surface area contributed by atoms with Crippen LogP contribution < -0.4 is 5.73 Å². The molecule has 0 unspecified atom stereocenters. The van der Waals surface area contributed by atoms with Crippen LogP contribution in [0.4, 0.5) is 4.39 Å². The Morgan fingerprint density at radius 3 is 1.75 bits per heavy atom. The van der Waals surface area contributed by atoms with Gasteiger partial charge in [0.2, 0.25) is 0 Å². The first-order chi connectivity index (χ1) is 4.33. The second-order valence-corrected chi connectivity index (χ2v) is 1.83. The maximum atomic E-state index is 12.2. The number of benzene rings is 1. The maximum absolute atomic E-state index is 12.2. The normalized spacial score (nSPS) is 7.17. The Hall–Kier alpha value is -0.0200. The fraction of sp³-hybridized carbons (Fsp3) is 0.143. The van der Waals surface area contributed by atoms with E-state index in [0.717, 1.165) is 5.56 Å². The monoisotopic (exact) mass is 233 g/mol. The standard InChI is InChI=1S/C7H8FN.3ClH/c8-7-3-1-6(5-9)2-4-7;;;/h1-4H,5,9H2;3*1H. The molecule has 1 rings (SSSR count). The molecule has 0 saturated heterocycles. The van der Waals surface area contributed by atoms with Crippen molar-refractivity contribution in [2.24, 2.45) is 5.73 Å². The molecule has 1 nitrogen and oxygen atoms in total. The van der Waals surface area contributed by atoms with E-state index in [1.165, 1.54) is 12.1 Å². The second-order valence-electron chi connectivity index (χ2n) is 1.83. The van der Waals surface area contributed by atoms with Crippen LogP contribution in [0.2, 0.25) is 0 Å². The Morgan fingerprint density at radius 2 is 1.42 bits per heavy atom. The molecule has 72 valence electrons. The van der Waals surface area contributed by atoms with Gasteiger partial charge in [-0.15, -0.1) is 37.2 Å². The fourth-order valence-electron chi connectivity index (χ4n) is 0.620. The number of rotatable bonds is 1. The Morgan fingerprint density at radius 1 is 1.00 bits per heavy atom. The third-order valence-corrected chi connectivity index (χ3v) is 1.15. The number of halogens is 4. The molecule has 0 radical (unpaired) electrons. The maximum Gasteiger partial charge on any atom is 0.123 e. The first-order valence-corrected chi connectivity index (χ1v) is 2.77. The van der Waals surface area contributed by atoms with Gasteiger partial charge >= 0.3 is 0 Å². The van der Waals surface area contributed by atoms with Crippen molar-refractivity contribution >= 4 is 37.2 Å². The number of nitrogens with two attached hydrogens (primary N) is 1. The second kappa shape index (κ2) is 9.07. The molecule has 2 N–H and O–H groups in total. The number of hydrogen-bond acceptors (Lipinski definition) is 1. The predicted molar refractivity (Wildman–Crippen MR) is 56.0 cm³/mol. The lowest BCUT2D eigenvalue weighted by atomic mass is 10.2. The number of hydrogen-bond donors (Lipinski definition) is 1. The molecule has 0 aliphatic carbocycles. The highest BCUT2D eigenvalue weighted by Gasteiger charge is 1.87. The van der Waals surface area contributed by atoms with E-state index in [1.54, 1.807) is 12.1 Å². The van der Waals surface area contributed by atoms with Gasteiger partial charge in [0.05, 0.1) is 0 Å². The molecule has 1 aromatic rings. The summed E-state index contributed by atoms with van der Waals surface area (Å²) in [6, 6.07) is 6.16. The van der Waals surface area contributed by atoms with E-state index in [0.29, 0.717) is 6.54 Å². The van der Waals surface area contributed by atoms with E-state index in [2.05, 4.69) is 0 Å². The van der Waals surface area contributed by atoms with E-state index in [-0.39, 0.29) is 43.0 Å². The van der Waals surface area contributed by atoms with Crippen molar-refractivity contribution < 1.29 is 4.39 Å². The fourth-order valence-corrected chi connectivity index (χ4v) is 0.620. The summed E-state index contributed by atoms with van der Waals surface area (Å²) < 4.78 is 12.2. The van der Waals surface area contributed by atoms with Crippen LogP contribution in [0, 0.1) is 5.82 Å². The minimum Gasteiger partial charge on any atom is -0.326 e. The van der Waals surface area contributed by atoms with Crippen molar-refractivity contribution in [1.82, 2.24) is 0 Å². The van der Waals surface area contributed by atoms with Gasteiger partial charge in [-0.05, 0) is 17.7 Å². The van der Waals surface area contributed by atoms with Crippen molar-refractivity contribution in [2.75, 3.05) is 0 Å². The summed E-state index contributed by atoms with van der Waals surface area (Å²) in [5, 5.41) is 0. The molecule has 0 aliphatic heterocycles. The average Bonchev–Trinajstić information content (AvgIpc) is 1.90. The molecular weight excluding hydrogens is 223 g/mol. The smallest absolute Gasteiger partial charge is 0.123 e. The summed E-state index contributed by atoms with van der Waals surface area (Å²) in [4.78, 5) is 0. The summed E-state index contributed by atoms with van der Waals surface area (Å²) in [5.41, 5.74) is 6.23. The van der Waals surface area contributed by atoms with Crippen LogP contribution in [0.5, 0.6) is 0 Å². The quantitative estimate of drug-likeness (QED) is 0.794. The molecule has 0 saturated carbocycles. The lowest BCUT2D eigenvalue weighted by Gasteiger charge is -1.92. The van der Waals surface area contributed by atoms with Crippen LogP contribution in [-0.4, -0.2) is 0 Å². The van der Waals surface area contributed by atoms with E-state index < -0.39 is 0 Å². The highest BCUT2D eigenvalue weighted by Crippen LogP contribution is 2.00. The van der Waals surface area contributed by atoms with Crippen LogP contribution in [0.3, 0.4) is 0 Å². The molecule has 0 fully saturated rings. The zero-order valence-electron chi connectivity index (χ0n) is 6.20. The van der Waals surface area contributed by atoms with Gasteiger partial charge < -0.3 is 5.73 Å². The Balaban J connectivity index is -0.000000270. The highest BCUT2D eigenvalue weighted by molar-refractivity contribution is 5.86. The third kappa shape index (κ3) is 5.61. The van der Waals surface area contributed by atoms with Crippen LogP contribution in [0.25, 0.3) is 0 Å². The van der Waals surface area contributed by atoms with E-state index >= 15 is 0 Å². The molecule has 0 spiro atoms. The van der Waals surface area contributed by atoms with E-state index in [1.807, 2.05) is 0 Å². The van der Waals surface area contributed by atoms with Crippen molar-refractivity contribution in [3.63, 3.8) is 0 Å². The third-order valence-electron chi connectivity index (χ3n) is 1.15. The largest absolute Gasteiger partial charge is 0.326 e. The predicted octanol–water partition coefficient (Wildman–Crippen LogP) is 2.55.